The number of nitrogens with zero attached hydrogens (tertiary/aromatic N) is 1. The molecule has 0 aliphatic carbocycles. The highest BCUT2D eigenvalue weighted by Gasteiger charge is 2.31. The first-order valence-electron chi connectivity index (χ1n) is 5.47. The van der Waals surface area contributed by atoms with Crippen molar-refractivity contribution in [3.63, 3.8) is 0 Å². The average molecular weight is 286 g/mol. The van der Waals surface area contributed by atoms with Gasteiger partial charge in [0.05, 0.1) is 5.56 Å². The SMILES string of the molecule is NNc1cc(C(F)(F)F)cc(Nc2ccc(F)cc2)n1. The highest BCUT2D eigenvalue weighted by Crippen LogP contribution is 2.32. The van der Waals surface area contributed by atoms with E-state index in [4.69, 9.17) is 5.84 Å². The zero-order valence-electron chi connectivity index (χ0n) is 10.0. The molecular weight excluding hydrogens is 276 g/mol. The van der Waals surface area contributed by atoms with Crippen molar-refractivity contribution in [2.75, 3.05) is 10.7 Å². The zero-order chi connectivity index (χ0) is 14.8. The van der Waals surface area contributed by atoms with Crippen molar-refractivity contribution >= 4 is 17.3 Å². The van der Waals surface area contributed by atoms with Gasteiger partial charge >= 0.3 is 6.18 Å². The molecule has 1 aromatic carbocycles. The van der Waals surface area contributed by atoms with Crippen LogP contribution in [0.5, 0.6) is 0 Å². The van der Waals surface area contributed by atoms with Gasteiger partial charge in [0.15, 0.2) is 0 Å². The molecule has 0 saturated heterocycles. The van der Waals surface area contributed by atoms with E-state index in [2.05, 4.69) is 15.7 Å². The van der Waals surface area contributed by atoms with E-state index in [1.165, 1.54) is 24.3 Å². The third kappa shape index (κ3) is 3.35. The number of pyridine rings is 1. The van der Waals surface area contributed by atoms with E-state index >= 15 is 0 Å². The summed E-state index contributed by atoms with van der Waals surface area (Å²) in [5, 5.41) is 2.64. The Balaban J connectivity index is 2.33. The maximum absolute atomic E-state index is 12.7. The summed E-state index contributed by atoms with van der Waals surface area (Å²) in [4.78, 5) is 3.84. The third-order valence-corrected chi connectivity index (χ3v) is 2.42. The van der Waals surface area contributed by atoms with Crippen molar-refractivity contribution in [1.82, 2.24) is 4.98 Å². The number of nitrogens with one attached hydrogen (secondary N) is 2. The Kier molecular flexibility index (Phi) is 3.75. The molecule has 106 valence electrons. The van der Waals surface area contributed by atoms with Gasteiger partial charge in [-0.1, -0.05) is 0 Å². The molecule has 2 aromatic rings. The fraction of sp³-hybridized carbons (Fsp3) is 0.0833. The molecule has 0 unspecified atom stereocenters. The maximum Gasteiger partial charge on any atom is 0.416 e. The second kappa shape index (κ2) is 5.33. The first-order chi connectivity index (χ1) is 9.38. The van der Waals surface area contributed by atoms with Crippen LogP contribution in [-0.2, 0) is 6.18 Å². The molecule has 4 N–H and O–H groups in total. The largest absolute Gasteiger partial charge is 0.416 e. The Labute approximate surface area is 111 Å². The maximum atomic E-state index is 12.7. The number of benzene rings is 1. The second-order valence-corrected chi connectivity index (χ2v) is 3.90. The van der Waals surface area contributed by atoms with Crippen molar-refractivity contribution in [2.24, 2.45) is 5.84 Å². The van der Waals surface area contributed by atoms with Crippen LogP contribution >= 0.6 is 0 Å². The van der Waals surface area contributed by atoms with Gasteiger partial charge in [-0.15, -0.1) is 0 Å². The number of hydrogen-bond acceptors (Lipinski definition) is 4. The molecule has 0 spiro atoms. The standard InChI is InChI=1S/C12H10F4N4/c13-8-1-3-9(4-2-8)18-10-5-7(12(14,15)16)6-11(19-10)20-17/h1-6H,17H2,(H2,18,19,20). The van der Waals surface area contributed by atoms with Crippen LogP contribution in [0.4, 0.5) is 34.9 Å². The number of nitrogen functional groups attached to an aromatic ring is 1. The highest BCUT2D eigenvalue weighted by atomic mass is 19.4. The monoisotopic (exact) mass is 286 g/mol. The fourth-order valence-electron chi connectivity index (χ4n) is 1.51. The minimum atomic E-state index is -4.52. The van der Waals surface area contributed by atoms with Crippen LogP contribution < -0.4 is 16.6 Å². The fourth-order valence-corrected chi connectivity index (χ4v) is 1.51. The highest BCUT2D eigenvalue weighted by molar-refractivity contribution is 5.59. The van der Waals surface area contributed by atoms with E-state index in [9.17, 15) is 17.6 Å². The average Bonchev–Trinajstić information content (AvgIpc) is 2.40. The van der Waals surface area contributed by atoms with Gasteiger partial charge in [-0.2, -0.15) is 13.2 Å². The smallest absolute Gasteiger partial charge is 0.340 e. The minimum Gasteiger partial charge on any atom is -0.340 e. The summed E-state index contributed by atoms with van der Waals surface area (Å²) in [6.07, 6.45) is -4.52. The zero-order valence-corrected chi connectivity index (χ0v) is 10.0. The van der Waals surface area contributed by atoms with Gasteiger partial charge in [0.25, 0.3) is 0 Å². The summed E-state index contributed by atoms with van der Waals surface area (Å²) >= 11 is 0. The minimum absolute atomic E-state index is 0.0561. The number of rotatable bonds is 3. The van der Waals surface area contributed by atoms with Crippen molar-refractivity contribution in [3.8, 4) is 0 Å². The molecule has 0 bridgehead atoms. The molecule has 1 heterocycles. The number of hydrazine groups is 1. The van der Waals surface area contributed by atoms with E-state index in [1.807, 2.05) is 0 Å². The van der Waals surface area contributed by atoms with Crippen LogP contribution in [0.1, 0.15) is 5.56 Å². The first kappa shape index (κ1) is 14.1. The van der Waals surface area contributed by atoms with Crippen LogP contribution in [0.15, 0.2) is 36.4 Å². The molecule has 8 heteroatoms. The molecule has 0 atom stereocenters. The van der Waals surface area contributed by atoms with Crippen molar-refractivity contribution < 1.29 is 17.6 Å². The van der Waals surface area contributed by atoms with Gasteiger partial charge < -0.3 is 10.7 Å². The molecule has 0 fully saturated rings. The van der Waals surface area contributed by atoms with Crippen LogP contribution in [-0.4, -0.2) is 4.98 Å². The number of hydrogen-bond donors (Lipinski definition) is 3. The Morgan fingerprint density at radius 2 is 1.60 bits per heavy atom. The molecule has 0 aliphatic heterocycles. The quantitative estimate of drug-likeness (QED) is 0.460. The number of anilines is 3. The van der Waals surface area contributed by atoms with E-state index in [0.29, 0.717) is 5.69 Å². The predicted molar refractivity (Wildman–Crippen MR) is 66.7 cm³/mol. The van der Waals surface area contributed by atoms with Crippen molar-refractivity contribution in [3.05, 3.63) is 47.8 Å². The number of nitrogens with two attached hydrogens (primary N) is 1. The van der Waals surface area contributed by atoms with Gasteiger partial charge in [0, 0.05) is 5.69 Å². The lowest BCUT2D eigenvalue weighted by molar-refractivity contribution is -0.137. The van der Waals surface area contributed by atoms with Crippen LogP contribution in [0, 0.1) is 5.82 Å². The van der Waals surface area contributed by atoms with Gasteiger partial charge in [-0.25, -0.2) is 15.2 Å². The van der Waals surface area contributed by atoms with E-state index < -0.39 is 17.6 Å². The molecule has 2 rings (SSSR count). The molecule has 20 heavy (non-hydrogen) atoms. The molecular formula is C12H10F4N4. The van der Waals surface area contributed by atoms with Gasteiger partial charge in [-0.05, 0) is 36.4 Å². The van der Waals surface area contributed by atoms with Crippen LogP contribution in [0.3, 0.4) is 0 Å². The van der Waals surface area contributed by atoms with Crippen molar-refractivity contribution in [2.45, 2.75) is 6.18 Å². The molecule has 1 aromatic heterocycles. The molecule has 0 amide bonds. The summed E-state index contributed by atoms with van der Waals surface area (Å²) in [5.74, 6) is 4.45. The third-order valence-electron chi connectivity index (χ3n) is 2.42. The summed E-state index contributed by atoms with van der Waals surface area (Å²) in [6.45, 7) is 0. The molecule has 4 nitrogen and oxygen atoms in total. The molecule has 0 aliphatic rings. The Bertz CT molecular complexity index is 595. The normalized spacial score (nSPS) is 11.2. The Hall–Kier alpha value is -2.35. The summed E-state index contributed by atoms with van der Waals surface area (Å²) in [7, 11) is 0. The van der Waals surface area contributed by atoms with Gasteiger partial charge in [0.2, 0.25) is 0 Å². The summed E-state index contributed by atoms with van der Waals surface area (Å²) < 4.78 is 50.9. The van der Waals surface area contributed by atoms with Gasteiger partial charge in [0.1, 0.15) is 17.5 Å². The van der Waals surface area contributed by atoms with Crippen LogP contribution in [0.25, 0.3) is 0 Å². The van der Waals surface area contributed by atoms with Crippen molar-refractivity contribution in [1.29, 1.82) is 0 Å². The second-order valence-electron chi connectivity index (χ2n) is 3.90. The topological polar surface area (TPSA) is 63.0 Å². The van der Waals surface area contributed by atoms with E-state index in [1.54, 1.807) is 0 Å². The Morgan fingerprint density at radius 3 is 2.15 bits per heavy atom. The lowest BCUT2D eigenvalue weighted by Crippen LogP contribution is -2.13. The lowest BCUT2D eigenvalue weighted by Gasteiger charge is -2.12. The molecule has 0 radical (unpaired) electrons. The van der Waals surface area contributed by atoms with E-state index in [0.717, 1.165) is 12.1 Å². The summed E-state index contributed by atoms with van der Waals surface area (Å²) in [6, 6.07) is 6.75. The first-order valence-corrected chi connectivity index (χ1v) is 5.47. The predicted octanol–water partition coefficient (Wildman–Crippen LogP) is 3.27. The van der Waals surface area contributed by atoms with Crippen LogP contribution in [0.2, 0.25) is 0 Å². The van der Waals surface area contributed by atoms with Gasteiger partial charge in [-0.3, -0.25) is 0 Å². The number of aromatic nitrogens is 1. The number of halogens is 4. The Morgan fingerprint density at radius 1 is 1.00 bits per heavy atom. The lowest BCUT2D eigenvalue weighted by atomic mass is 10.2. The summed E-state index contributed by atoms with van der Waals surface area (Å²) in [5.41, 5.74) is 1.57. The number of alkyl halides is 3. The molecule has 0 saturated carbocycles. The van der Waals surface area contributed by atoms with E-state index in [-0.39, 0.29) is 11.6 Å².